The van der Waals surface area contributed by atoms with Crippen molar-refractivity contribution in [2.45, 2.75) is 32.5 Å². The molecule has 0 amide bonds. The van der Waals surface area contributed by atoms with Gasteiger partial charge in [-0.25, -0.2) is 0 Å². The molecule has 3 atom stereocenters. The average Bonchev–Trinajstić information content (AvgIpc) is 2.55. The summed E-state index contributed by atoms with van der Waals surface area (Å²) >= 11 is 0. The van der Waals surface area contributed by atoms with Gasteiger partial charge in [-0.2, -0.15) is 0 Å². The lowest BCUT2D eigenvalue weighted by Gasteiger charge is -2.33. The summed E-state index contributed by atoms with van der Waals surface area (Å²) in [5.74, 6) is 1.25. The van der Waals surface area contributed by atoms with E-state index in [0.29, 0.717) is 17.8 Å². The molecular weight excluding hydrogens is 176 g/mol. The zero-order valence-corrected chi connectivity index (χ0v) is 9.75. The largest absolute Gasteiger partial charge is 0.353 e. The van der Waals surface area contributed by atoms with E-state index >= 15 is 0 Å². The summed E-state index contributed by atoms with van der Waals surface area (Å²) in [6.07, 6.45) is 4.18. The van der Waals surface area contributed by atoms with Gasteiger partial charge in [0.05, 0.1) is 0 Å². The van der Waals surface area contributed by atoms with Gasteiger partial charge in [0.25, 0.3) is 0 Å². The summed E-state index contributed by atoms with van der Waals surface area (Å²) in [5.41, 5.74) is 0. The molecule has 1 rings (SSSR count). The third-order valence-electron chi connectivity index (χ3n) is 3.90. The van der Waals surface area contributed by atoms with Crippen molar-refractivity contribution < 1.29 is 9.47 Å². The molecule has 0 unspecified atom stereocenters. The van der Waals surface area contributed by atoms with Gasteiger partial charge >= 0.3 is 0 Å². The maximum atomic E-state index is 5.53. The Hall–Kier alpha value is -0.340. The summed E-state index contributed by atoms with van der Waals surface area (Å²) in [6, 6.07) is 0. The van der Waals surface area contributed by atoms with Gasteiger partial charge < -0.3 is 9.47 Å². The average molecular weight is 198 g/mol. The van der Waals surface area contributed by atoms with Crippen LogP contribution in [0.2, 0.25) is 0 Å². The minimum absolute atomic E-state index is 0.359. The summed E-state index contributed by atoms with van der Waals surface area (Å²) < 4.78 is 11.1. The Morgan fingerprint density at radius 2 is 2.00 bits per heavy atom. The Morgan fingerprint density at radius 3 is 2.36 bits per heavy atom. The minimum atomic E-state index is -0.359. The molecule has 2 heteroatoms. The first kappa shape index (κ1) is 11.7. The summed E-state index contributed by atoms with van der Waals surface area (Å²) in [6.45, 7) is 8.29. The van der Waals surface area contributed by atoms with Crippen LogP contribution in [0.25, 0.3) is 0 Å². The highest BCUT2D eigenvalue weighted by Gasteiger charge is 2.47. The molecule has 1 fully saturated rings. The molecule has 0 aromatic rings. The van der Waals surface area contributed by atoms with Crippen LogP contribution in [-0.2, 0) is 9.47 Å². The Labute approximate surface area is 87.3 Å². The molecule has 0 aromatic carbocycles. The zero-order chi connectivity index (χ0) is 10.8. The van der Waals surface area contributed by atoms with E-state index in [-0.39, 0.29) is 5.79 Å². The topological polar surface area (TPSA) is 18.5 Å². The highest BCUT2D eigenvalue weighted by Crippen LogP contribution is 2.46. The maximum Gasteiger partial charge on any atom is 0.170 e. The SMILES string of the molecule is C=C[C@@H](C)[C@H]1CCC(OC)(OC)[C@@H]1C. The smallest absolute Gasteiger partial charge is 0.170 e. The lowest BCUT2D eigenvalue weighted by Crippen LogP contribution is -2.38. The molecule has 0 aliphatic heterocycles. The molecule has 2 nitrogen and oxygen atoms in total. The molecule has 82 valence electrons. The Balaban J connectivity index is 2.76. The van der Waals surface area contributed by atoms with Crippen molar-refractivity contribution >= 4 is 0 Å². The minimum Gasteiger partial charge on any atom is -0.353 e. The van der Waals surface area contributed by atoms with E-state index in [0.717, 1.165) is 12.8 Å². The number of methoxy groups -OCH3 is 2. The molecule has 1 aliphatic carbocycles. The van der Waals surface area contributed by atoms with Gasteiger partial charge in [0.2, 0.25) is 0 Å². The van der Waals surface area contributed by atoms with Gasteiger partial charge in [-0.05, 0) is 18.3 Å². The molecule has 0 heterocycles. The Morgan fingerprint density at radius 1 is 1.43 bits per heavy atom. The zero-order valence-electron chi connectivity index (χ0n) is 9.75. The van der Waals surface area contributed by atoms with Gasteiger partial charge in [-0.1, -0.05) is 19.9 Å². The maximum absolute atomic E-state index is 5.53. The monoisotopic (exact) mass is 198 g/mol. The van der Waals surface area contributed by atoms with E-state index in [1.165, 1.54) is 0 Å². The van der Waals surface area contributed by atoms with Crippen molar-refractivity contribution in [3.8, 4) is 0 Å². The third kappa shape index (κ3) is 1.73. The molecule has 0 radical (unpaired) electrons. The molecule has 0 spiro atoms. The fourth-order valence-electron chi connectivity index (χ4n) is 2.72. The van der Waals surface area contributed by atoms with Gasteiger partial charge in [-0.3, -0.25) is 0 Å². The van der Waals surface area contributed by atoms with Gasteiger partial charge in [0.1, 0.15) is 0 Å². The predicted molar refractivity (Wildman–Crippen MR) is 58.0 cm³/mol. The second-order valence-corrected chi connectivity index (χ2v) is 4.31. The van der Waals surface area contributed by atoms with Crippen LogP contribution in [0.3, 0.4) is 0 Å². The predicted octanol–water partition coefficient (Wildman–Crippen LogP) is 2.84. The summed E-state index contributed by atoms with van der Waals surface area (Å²) in [5, 5.41) is 0. The number of ether oxygens (including phenoxy) is 2. The van der Waals surface area contributed by atoms with Crippen LogP contribution in [0.4, 0.5) is 0 Å². The first-order valence-electron chi connectivity index (χ1n) is 5.34. The highest BCUT2D eigenvalue weighted by atomic mass is 16.7. The van der Waals surface area contributed by atoms with Crippen LogP contribution in [-0.4, -0.2) is 20.0 Å². The van der Waals surface area contributed by atoms with Crippen molar-refractivity contribution in [1.82, 2.24) is 0 Å². The van der Waals surface area contributed by atoms with Crippen LogP contribution < -0.4 is 0 Å². The van der Waals surface area contributed by atoms with Crippen molar-refractivity contribution in [3.05, 3.63) is 12.7 Å². The van der Waals surface area contributed by atoms with E-state index in [4.69, 9.17) is 9.47 Å². The van der Waals surface area contributed by atoms with Gasteiger partial charge in [0.15, 0.2) is 5.79 Å². The van der Waals surface area contributed by atoms with E-state index in [2.05, 4.69) is 20.4 Å². The van der Waals surface area contributed by atoms with Crippen molar-refractivity contribution in [2.24, 2.45) is 17.8 Å². The quantitative estimate of drug-likeness (QED) is 0.511. The van der Waals surface area contributed by atoms with Crippen LogP contribution in [0, 0.1) is 17.8 Å². The first-order chi connectivity index (χ1) is 6.61. The third-order valence-corrected chi connectivity index (χ3v) is 3.90. The first-order valence-corrected chi connectivity index (χ1v) is 5.34. The van der Waals surface area contributed by atoms with Crippen molar-refractivity contribution in [1.29, 1.82) is 0 Å². The number of allylic oxidation sites excluding steroid dienone is 1. The molecule has 14 heavy (non-hydrogen) atoms. The normalized spacial score (nSPS) is 32.9. The van der Waals surface area contributed by atoms with Crippen LogP contribution in [0.1, 0.15) is 26.7 Å². The lowest BCUT2D eigenvalue weighted by atomic mass is 9.84. The number of rotatable bonds is 4. The standard InChI is InChI=1S/C12H22O2/c1-6-9(2)11-7-8-12(13-4,14-5)10(11)3/h6,9-11H,1,7-8H2,2-5H3/t9-,10-,11-/m1/s1. The van der Waals surface area contributed by atoms with E-state index in [1.54, 1.807) is 14.2 Å². The van der Waals surface area contributed by atoms with Crippen LogP contribution >= 0.6 is 0 Å². The fourth-order valence-corrected chi connectivity index (χ4v) is 2.72. The summed E-state index contributed by atoms with van der Waals surface area (Å²) in [7, 11) is 3.47. The molecule has 0 aromatic heterocycles. The Bertz CT molecular complexity index is 196. The summed E-state index contributed by atoms with van der Waals surface area (Å²) in [4.78, 5) is 0. The number of hydrogen-bond donors (Lipinski definition) is 0. The molecule has 0 bridgehead atoms. The van der Waals surface area contributed by atoms with Crippen LogP contribution in [0.15, 0.2) is 12.7 Å². The van der Waals surface area contributed by atoms with Crippen LogP contribution in [0.5, 0.6) is 0 Å². The van der Waals surface area contributed by atoms with Crippen molar-refractivity contribution in [2.75, 3.05) is 14.2 Å². The molecule has 1 aliphatic rings. The van der Waals surface area contributed by atoms with Gasteiger partial charge in [0, 0.05) is 26.6 Å². The highest BCUT2D eigenvalue weighted by molar-refractivity contribution is 4.95. The second kappa shape index (κ2) is 4.45. The lowest BCUT2D eigenvalue weighted by molar-refractivity contribution is -0.228. The van der Waals surface area contributed by atoms with Crippen molar-refractivity contribution in [3.63, 3.8) is 0 Å². The van der Waals surface area contributed by atoms with Gasteiger partial charge in [-0.15, -0.1) is 6.58 Å². The Kier molecular flexibility index (Phi) is 3.73. The molecule has 0 saturated heterocycles. The molecule has 1 saturated carbocycles. The molecule has 0 N–H and O–H groups in total. The second-order valence-electron chi connectivity index (χ2n) is 4.31. The number of hydrogen-bond acceptors (Lipinski definition) is 2. The van der Waals surface area contributed by atoms with E-state index < -0.39 is 0 Å². The van der Waals surface area contributed by atoms with E-state index in [1.807, 2.05) is 6.08 Å². The van der Waals surface area contributed by atoms with E-state index in [9.17, 15) is 0 Å². The fraction of sp³-hybridized carbons (Fsp3) is 0.833. The molecular formula is C12H22O2.